The Morgan fingerprint density at radius 2 is 1.91 bits per heavy atom. The molecule has 0 aliphatic carbocycles. The maximum absolute atomic E-state index is 3.07. The Balaban J connectivity index is 0.000001000. The summed E-state index contributed by atoms with van der Waals surface area (Å²) < 4.78 is 0. The maximum Gasteiger partial charge on any atom is 1.00 e. The van der Waals surface area contributed by atoms with Crippen LogP contribution in [0.15, 0.2) is 24.3 Å². The molecule has 0 heterocycles. The molecule has 1 aromatic rings. The fourth-order valence-corrected chi connectivity index (χ4v) is 0.860. The van der Waals surface area contributed by atoms with Crippen LogP contribution in [0.5, 0.6) is 0 Å². The van der Waals surface area contributed by atoms with Gasteiger partial charge in [0, 0.05) is 0 Å². The molecule has 54 valence electrons. The predicted octanol–water partition coefficient (Wildman–Crippen LogP) is -0.212. The third kappa shape index (κ3) is 3.14. The molecule has 0 saturated carbocycles. The van der Waals surface area contributed by atoms with Gasteiger partial charge in [0.1, 0.15) is 0 Å². The Kier molecular flexibility index (Phi) is 3.93. The molecule has 0 atom stereocenters. The third-order valence-electron chi connectivity index (χ3n) is 1.57. The number of benzene rings is 1. The predicted molar refractivity (Wildman–Crippen MR) is 44.0 cm³/mol. The van der Waals surface area contributed by atoms with E-state index in [1.165, 1.54) is 5.56 Å². The van der Waals surface area contributed by atoms with Gasteiger partial charge in [0.2, 0.25) is 0 Å². The minimum absolute atomic E-state index is 0. The first-order valence-electron chi connectivity index (χ1n) is 3.57. The van der Waals surface area contributed by atoms with Gasteiger partial charge < -0.3 is 0 Å². The SMILES string of the molecule is CC(C)(C)c1c[c-]ccc1.[Li+]. The molecule has 0 unspecified atom stereocenters. The Bertz CT molecular complexity index is 196. The van der Waals surface area contributed by atoms with Crippen molar-refractivity contribution in [2.45, 2.75) is 26.2 Å². The fraction of sp³-hybridized carbons (Fsp3) is 0.400. The number of hydrogen-bond acceptors (Lipinski definition) is 0. The Morgan fingerprint density at radius 1 is 1.27 bits per heavy atom. The van der Waals surface area contributed by atoms with E-state index >= 15 is 0 Å². The molecule has 0 aliphatic heterocycles. The van der Waals surface area contributed by atoms with Gasteiger partial charge in [-0.2, -0.15) is 35.9 Å². The van der Waals surface area contributed by atoms with Crippen LogP contribution in [0, 0.1) is 6.07 Å². The van der Waals surface area contributed by atoms with E-state index in [0.717, 1.165) is 0 Å². The number of rotatable bonds is 0. The summed E-state index contributed by atoms with van der Waals surface area (Å²) in [6.07, 6.45) is 0. The van der Waals surface area contributed by atoms with E-state index in [4.69, 9.17) is 0 Å². The van der Waals surface area contributed by atoms with Crippen molar-refractivity contribution >= 4 is 0 Å². The first-order valence-corrected chi connectivity index (χ1v) is 3.57. The van der Waals surface area contributed by atoms with Gasteiger partial charge in [-0.05, 0) is 0 Å². The molecule has 0 N–H and O–H groups in total. The molecule has 0 aromatic heterocycles. The zero-order chi connectivity index (χ0) is 7.61. The quantitative estimate of drug-likeness (QED) is 0.345. The van der Waals surface area contributed by atoms with E-state index in [9.17, 15) is 0 Å². The standard InChI is InChI=1S/C10H13.Li/c1-10(2,3)9-7-5-4-6-8-9;/h4-5,7-8H,1-3H3;/q-1;+1. The molecule has 0 aliphatic rings. The Morgan fingerprint density at radius 3 is 2.18 bits per heavy atom. The summed E-state index contributed by atoms with van der Waals surface area (Å²) in [6, 6.07) is 11.2. The van der Waals surface area contributed by atoms with Crippen molar-refractivity contribution in [1.29, 1.82) is 0 Å². The van der Waals surface area contributed by atoms with Crippen molar-refractivity contribution in [3.05, 3.63) is 35.9 Å². The van der Waals surface area contributed by atoms with Gasteiger partial charge in [-0.3, -0.25) is 0 Å². The van der Waals surface area contributed by atoms with E-state index < -0.39 is 0 Å². The second-order valence-corrected chi connectivity index (χ2v) is 3.54. The summed E-state index contributed by atoms with van der Waals surface area (Å²) in [5.41, 5.74) is 1.60. The summed E-state index contributed by atoms with van der Waals surface area (Å²) in [6.45, 7) is 6.61. The van der Waals surface area contributed by atoms with Gasteiger partial charge >= 0.3 is 18.9 Å². The molecule has 1 heteroatoms. The molecule has 0 nitrogen and oxygen atoms in total. The zero-order valence-electron chi connectivity index (χ0n) is 7.81. The fourth-order valence-electron chi connectivity index (χ4n) is 0.860. The molecule has 0 fully saturated rings. The van der Waals surface area contributed by atoms with Gasteiger partial charge in [-0.25, -0.2) is 0 Å². The van der Waals surface area contributed by atoms with Crippen molar-refractivity contribution in [3.8, 4) is 0 Å². The maximum atomic E-state index is 3.07. The second kappa shape index (κ2) is 4.00. The average Bonchev–Trinajstić information content (AvgIpc) is 1.88. The smallest absolute Gasteiger partial charge is 0.184 e. The van der Waals surface area contributed by atoms with Crippen LogP contribution in [0.4, 0.5) is 0 Å². The van der Waals surface area contributed by atoms with Gasteiger partial charge in [-0.1, -0.05) is 26.2 Å². The first kappa shape index (κ1) is 10.8. The van der Waals surface area contributed by atoms with Crippen molar-refractivity contribution in [3.63, 3.8) is 0 Å². The average molecular weight is 140 g/mol. The summed E-state index contributed by atoms with van der Waals surface area (Å²) >= 11 is 0. The molecule has 1 aromatic carbocycles. The molecule has 0 bridgehead atoms. The van der Waals surface area contributed by atoms with Gasteiger partial charge in [-0.15, -0.1) is 0 Å². The third-order valence-corrected chi connectivity index (χ3v) is 1.57. The normalized spacial score (nSPS) is 10.5. The van der Waals surface area contributed by atoms with Crippen LogP contribution in [0.1, 0.15) is 26.3 Å². The van der Waals surface area contributed by atoms with E-state index in [0.29, 0.717) is 0 Å². The van der Waals surface area contributed by atoms with Crippen molar-refractivity contribution < 1.29 is 18.9 Å². The monoisotopic (exact) mass is 140 g/mol. The van der Waals surface area contributed by atoms with Crippen LogP contribution >= 0.6 is 0 Å². The first-order chi connectivity index (χ1) is 4.61. The van der Waals surface area contributed by atoms with E-state index in [-0.39, 0.29) is 24.3 Å². The van der Waals surface area contributed by atoms with Crippen molar-refractivity contribution in [2.24, 2.45) is 0 Å². The summed E-state index contributed by atoms with van der Waals surface area (Å²) in [5.74, 6) is 0. The zero-order valence-corrected chi connectivity index (χ0v) is 7.81. The van der Waals surface area contributed by atoms with Gasteiger partial charge in [0.05, 0.1) is 0 Å². The molecule has 0 saturated heterocycles. The minimum Gasteiger partial charge on any atom is -0.184 e. The Labute approximate surface area is 81.2 Å². The molecule has 0 radical (unpaired) electrons. The van der Waals surface area contributed by atoms with Crippen LogP contribution in [-0.2, 0) is 5.41 Å². The Hall–Kier alpha value is -0.183. The molecule has 11 heavy (non-hydrogen) atoms. The van der Waals surface area contributed by atoms with Crippen molar-refractivity contribution in [1.82, 2.24) is 0 Å². The van der Waals surface area contributed by atoms with E-state index in [2.05, 4.69) is 32.9 Å². The summed E-state index contributed by atoms with van der Waals surface area (Å²) in [5, 5.41) is 0. The topological polar surface area (TPSA) is 0 Å². The van der Waals surface area contributed by atoms with Crippen LogP contribution in [0.3, 0.4) is 0 Å². The van der Waals surface area contributed by atoms with Crippen molar-refractivity contribution in [2.75, 3.05) is 0 Å². The summed E-state index contributed by atoms with van der Waals surface area (Å²) in [7, 11) is 0. The van der Waals surface area contributed by atoms with Crippen LogP contribution in [-0.4, -0.2) is 0 Å². The second-order valence-electron chi connectivity index (χ2n) is 3.54. The van der Waals surface area contributed by atoms with Gasteiger partial charge in [0.15, 0.2) is 0 Å². The molecular formula is C10H13Li. The molecule has 0 amide bonds. The van der Waals surface area contributed by atoms with Crippen LogP contribution in [0.25, 0.3) is 0 Å². The minimum atomic E-state index is 0. The number of hydrogen-bond donors (Lipinski definition) is 0. The molecule has 0 spiro atoms. The van der Waals surface area contributed by atoms with E-state index in [1.807, 2.05) is 18.2 Å². The molecule has 1 rings (SSSR count). The largest absolute Gasteiger partial charge is 1.00 e. The van der Waals surface area contributed by atoms with Gasteiger partial charge in [0.25, 0.3) is 0 Å². The van der Waals surface area contributed by atoms with Crippen LogP contribution in [0.2, 0.25) is 0 Å². The van der Waals surface area contributed by atoms with E-state index in [1.54, 1.807) is 0 Å². The summed E-state index contributed by atoms with van der Waals surface area (Å²) in [4.78, 5) is 0. The van der Waals surface area contributed by atoms with Crippen LogP contribution < -0.4 is 18.9 Å². The molecular weight excluding hydrogens is 127 g/mol.